The second kappa shape index (κ2) is 13.6. The maximum atomic E-state index is 11.5. The fourth-order valence-corrected chi connectivity index (χ4v) is 1.85. The number of nitrogens with one attached hydrogen (secondary N) is 2. The summed E-state index contributed by atoms with van der Waals surface area (Å²) in [4.78, 5) is 13.8. The van der Waals surface area contributed by atoms with Crippen LogP contribution in [0.15, 0.2) is 12.7 Å². The third-order valence-corrected chi connectivity index (χ3v) is 3.19. The fourth-order valence-electron chi connectivity index (χ4n) is 1.85. The molecule has 0 unspecified atom stereocenters. The Kier molecular flexibility index (Phi) is 12.9. The Bertz CT molecular complexity index is 227. The van der Waals surface area contributed by atoms with Gasteiger partial charge in [0, 0.05) is 32.6 Å². The first-order chi connectivity index (χ1) is 9.24. The van der Waals surface area contributed by atoms with Crippen molar-refractivity contribution >= 4 is 5.91 Å². The van der Waals surface area contributed by atoms with E-state index in [4.69, 9.17) is 0 Å². The Labute approximate surface area is 118 Å². The van der Waals surface area contributed by atoms with E-state index in [1.165, 1.54) is 0 Å². The first kappa shape index (κ1) is 18.1. The third kappa shape index (κ3) is 11.9. The van der Waals surface area contributed by atoms with Gasteiger partial charge in [-0.15, -0.1) is 6.58 Å². The summed E-state index contributed by atoms with van der Waals surface area (Å²) in [5.41, 5.74) is 0. The summed E-state index contributed by atoms with van der Waals surface area (Å²) in [6.45, 7) is 13.8. The summed E-state index contributed by atoms with van der Waals surface area (Å²) in [5.74, 6) is 0.162. The van der Waals surface area contributed by atoms with Gasteiger partial charge in [-0.25, -0.2) is 0 Å². The molecule has 112 valence electrons. The summed E-state index contributed by atoms with van der Waals surface area (Å²) in [7, 11) is 0. The molecule has 0 fully saturated rings. The average Bonchev–Trinajstić information content (AvgIpc) is 2.43. The van der Waals surface area contributed by atoms with Crippen LogP contribution in [0.25, 0.3) is 0 Å². The van der Waals surface area contributed by atoms with Gasteiger partial charge in [0.1, 0.15) is 0 Å². The van der Waals surface area contributed by atoms with Crippen LogP contribution in [0, 0.1) is 0 Å². The number of likely N-dealkylation sites (N-methyl/N-ethyl adjacent to an activating group) is 1. The number of hydrogen-bond donors (Lipinski definition) is 2. The molecule has 4 heteroatoms. The number of carbonyl (C=O) groups is 1. The van der Waals surface area contributed by atoms with Crippen LogP contribution < -0.4 is 10.6 Å². The Hall–Kier alpha value is -0.870. The van der Waals surface area contributed by atoms with Crippen molar-refractivity contribution in [1.82, 2.24) is 15.5 Å². The second-order valence-electron chi connectivity index (χ2n) is 4.66. The van der Waals surface area contributed by atoms with Gasteiger partial charge in [0.15, 0.2) is 0 Å². The predicted molar refractivity (Wildman–Crippen MR) is 82.3 cm³/mol. The number of carbonyl (C=O) groups excluding carboxylic acids is 1. The van der Waals surface area contributed by atoms with Crippen LogP contribution in [0.5, 0.6) is 0 Å². The lowest BCUT2D eigenvalue weighted by Crippen LogP contribution is -2.36. The minimum Gasteiger partial charge on any atom is -0.355 e. The lowest BCUT2D eigenvalue weighted by Gasteiger charge is -2.18. The third-order valence-electron chi connectivity index (χ3n) is 3.19. The normalized spacial score (nSPS) is 10.7. The minimum atomic E-state index is 0.162. The van der Waals surface area contributed by atoms with E-state index in [2.05, 4.69) is 36.0 Å². The SMILES string of the molecule is C=CCCCCC(=O)NCCNCCN(CC)CC. The number of nitrogens with zero attached hydrogens (tertiary/aromatic N) is 1. The zero-order valence-electron chi connectivity index (χ0n) is 12.7. The van der Waals surface area contributed by atoms with Crippen LogP contribution in [-0.4, -0.2) is 50.1 Å². The van der Waals surface area contributed by atoms with E-state index in [0.29, 0.717) is 6.42 Å². The van der Waals surface area contributed by atoms with Crippen molar-refractivity contribution in [3.63, 3.8) is 0 Å². The van der Waals surface area contributed by atoms with Gasteiger partial charge < -0.3 is 15.5 Å². The summed E-state index contributed by atoms with van der Waals surface area (Å²) < 4.78 is 0. The summed E-state index contributed by atoms with van der Waals surface area (Å²) in [6, 6.07) is 0. The quantitative estimate of drug-likeness (QED) is 0.396. The van der Waals surface area contributed by atoms with Gasteiger partial charge in [0.2, 0.25) is 5.91 Å². The lowest BCUT2D eigenvalue weighted by molar-refractivity contribution is -0.121. The molecule has 0 aliphatic rings. The molecule has 19 heavy (non-hydrogen) atoms. The zero-order chi connectivity index (χ0) is 14.3. The van der Waals surface area contributed by atoms with Gasteiger partial charge >= 0.3 is 0 Å². The largest absolute Gasteiger partial charge is 0.355 e. The van der Waals surface area contributed by atoms with Gasteiger partial charge in [-0.05, 0) is 32.4 Å². The molecule has 2 N–H and O–H groups in total. The molecule has 0 heterocycles. The molecule has 0 bridgehead atoms. The van der Waals surface area contributed by atoms with Crippen molar-refractivity contribution in [3.05, 3.63) is 12.7 Å². The molecule has 0 spiro atoms. The van der Waals surface area contributed by atoms with E-state index in [1.54, 1.807) is 0 Å². The summed E-state index contributed by atoms with van der Waals surface area (Å²) in [6.07, 6.45) is 5.54. The molecule has 0 aromatic carbocycles. The molecule has 0 aliphatic heterocycles. The summed E-state index contributed by atoms with van der Waals surface area (Å²) >= 11 is 0. The zero-order valence-corrected chi connectivity index (χ0v) is 12.7. The van der Waals surface area contributed by atoms with Crippen molar-refractivity contribution in [2.75, 3.05) is 39.3 Å². The van der Waals surface area contributed by atoms with Gasteiger partial charge in [-0.3, -0.25) is 4.79 Å². The van der Waals surface area contributed by atoms with Gasteiger partial charge in [0.05, 0.1) is 0 Å². The van der Waals surface area contributed by atoms with Gasteiger partial charge in [-0.1, -0.05) is 19.9 Å². The molecule has 1 amide bonds. The number of amides is 1. The van der Waals surface area contributed by atoms with Crippen molar-refractivity contribution in [1.29, 1.82) is 0 Å². The fraction of sp³-hybridized carbons (Fsp3) is 0.800. The topological polar surface area (TPSA) is 44.4 Å². The standard InChI is InChI=1S/C15H31N3O/c1-4-7-8-9-10-15(19)17-12-11-16-13-14-18(5-2)6-3/h4,16H,1,5-14H2,2-3H3,(H,17,19). The van der Waals surface area contributed by atoms with E-state index in [0.717, 1.165) is 58.5 Å². The van der Waals surface area contributed by atoms with Crippen molar-refractivity contribution in [2.45, 2.75) is 39.5 Å². The Morgan fingerprint density at radius 1 is 1.16 bits per heavy atom. The van der Waals surface area contributed by atoms with E-state index in [-0.39, 0.29) is 5.91 Å². The molecule has 0 aromatic heterocycles. The van der Waals surface area contributed by atoms with Crippen molar-refractivity contribution in [3.8, 4) is 0 Å². The number of unbranched alkanes of at least 4 members (excludes halogenated alkanes) is 2. The van der Waals surface area contributed by atoms with E-state index in [1.807, 2.05) is 6.08 Å². The summed E-state index contributed by atoms with van der Waals surface area (Å²) in [5, 5.41) is 6.28. The molecule has 0 atom stereocenters. The molecule has 0 aromatic rings. The molecule has 0 aliphatic carbocycles. The Morgan fingerprint density at radius 3 is 2.53 bits per heavy atom. The Morgan fingerprint density at radius 2 is 1.89 bits per heavy atom. The molecule has 0 saturated heterocycles. The van der Waals surface area contributed by atoms with Crippen LogP contribution in [0.3, 0.4) is 0 Å². The highest BCUT2D eigenvalue weighted by atomic mass is 16.1. The number of allylic oxidation sites excluding steroid dienone is 1. The molecular formula is C15H31N3O. The smallest absolute Gasteiger partial charge is 0.220 e. The predicted octanol–water partition coefficient (Wildman–Crippen LogP) is 1.78. The molecule has 0 saturated carbocycles. The van der Waals surface area contributed by atoms with Crippen molar-refractivity contribution in [2.24, 2.45) is 0 Å². The van der Waals surface area contributed by atoms with Crippen LogP contribution in [0.2, 0.25) is 0 Å². The Balaban J connectivity index is 3.29. The molecule has 0 rings (SSSR count). The van der Waals surface area contributed by atoms with Crippen molar-refractivity contribution < 1.29 is 4.79 Å². The molecular weight excluding hydrogens is 238 g/mol. The molecule has 0 radical (unpaired) electrons. The second-order valence-corrected chi connectivity index (χ2v) is 4.66. The maximum Gasteiger partial charge on any atom is 0.220 e. The van der Waals surface area contributed by atoms with E-state index in [9.17, 15) is 4.79 Å². The lowest BCUT2D eigenvalue weighted by atomic mass is 10.2. The van der Waals surface area contributed by atoms with E-state index < -0.39 is 0 Å². The number of rotatable bonds is 13. The minimum absolute atomic E-state index is 0.162. The number of hydrogen-bond acceptors (Lipinski definition) is 3. The first-order valence-electron chi connectivity index (χ1n) is 7.55. The van der Waals surface area contributed by atoms with Crippen LogP contribution in [0.4, 0.5) is 0 Å². The average molecular weight is 269 g/mol. The molecule has 4 nitrogen and oxygen atoms in total. The highest BCUT2D eigenvalue weighted by Gasteiger charge is 2.00. The highest BCUT2D eigenvalue weighted by Crippen LogP contribution is 1.99. The highest BCUT2D eigenvalue weighted by molar-refractivity contribution is 5.75. The van der Waals surface area contributed by atoms with Crippen LogP contribution in [0.1, 0.15) is 39.5 Å². The van der Waals surface area contributed by atoms with Gasteiger partial charge in [0.25, 0.3) is 0 Å². The van der Waals surface area contributed by atoms with Gasteiger partial charge in [-0.2, -0.15) is 0 Å². The van der Waals surface area contributed by atoms with Crippen LogP contribution in [-0.2, 0) is 4.79 Å². The maximum absolute atomic E-state index is 11.5. The first-order valence-corrected chi connectivity index (χ1v) is 7.55. The van der Waals surface area contributed by atoms with Crippen LogP contribution >= 0.6 is 0 Å². The van der Waals surface area contributed by atoms with E-state index >= 15 is 0 Å². The monoisotopic (exact) mass is 269 g/mol.